The molecule has 0 aromatic heterocycles. The number of rotatable bonds is 12. The van der Waals surface area contributed by atoms with Gasteiger partial charge in [0.25, 0.3) is 0 Å². The summed E-state index contributed by atoms with van der Waals surface area (Å²) in [6, 6.07) is 14.5. The van der Waals surface area contributed by atoms with Gasteiger partial charge in [-0.05, 0) is 67.6 Å². The highest BCUT2D eigenvalue weighted by molar-refractivity contribution is 5.90. The van der Waals surface area contributed by atoms with Crippen LogP contribution in [0.2, 0.25) is 0 Å². The highest BCUT2D eigenvalue weighted by Crippen LogP contribution is 2.37. The summed E-state index contributed by atoms with van der Waals surface area (Å²) in [5.74, 6) is -1.62. The van der Waals surface area contributed by atoms with Gasteiger partial charge >= 0.3 is 12.1 Å². The number of ether oxygens (including phenoxy) is 2. The minimum absolute atomic E-state index is 0.0682. The molecule has 0 radical (unpaired) electrons. The van der Waals surface area contributed by atoms with Crippen LogP contribution in [0.15, 0.2) is 60.7 Å². The number of aliphatic hydroxyl groups is 1. The number of carboxylic acids is 1. The first-order valence-corrected chi connectivity index (χ1v) is 12.6. The van der Waals surface area contributed by atoms with E-state index in [4.69, 9.17) is 9.47 Å². The average molecular weight is 564 g/mol. The van der Waals surface area contributed by atoms with E-state index in [0.29, 0.717) is 28.9 Å². The number of methoxy groups -OCH3 is 1. The van der Waals surface area contributed by atoms with Crippen LogP contribution in [0, 0.1) is 5.82 Å². The molecule has 0 aliphatic heterocycles. The number of β-amino-alcohol motifs (C(OH)–C–C–N with tert-alkyl or cyclic N) is 1. The van der Waals surface area contributed by atoms with E-state index >= 15 is 0 Å². The molecule has 0 heterocycles. The fraction of sp³-hybridized carbons (Fsp3) is 0.367. The number of carboxylic acid groups (broad SMARTS) is 1. The Balaban J connectivity index is 1.66. The number of carbonyl (C=O) groups is 1. The molecule has 3 rings (SSSR count). The van der Waals surface area contributed by atoms with Crippen molar-refractivity contribution in [2.24, 2.45) is 0 Å². The van der Waals surface area contributed by atoms with Crippen molar-refractivity contribution in [2.45, 2.75) is 51.1 Å². The standard InChI is InChI=1S/C30H33F4NO5/c1-18(40-17-21(36)16-35-29(2,3)15-20-9-11-22(39-4)14-27(20)31)23-7-5-6-8-24(23)19-10-12-25(28(37)38)26(13-19)30(32,33)34/h5-14,18,21,35-36H,15-17H2,1-4H3,(H,37,38)/t18-,21-/m1/s1. The topological polar surface area (TPSA) is 88.0 Å². The molecule has 3 aromatic rings. The van der Waals surface area contributed by atoms with Crippen LogP contribution >= 0.6 is 0 Å². The zero-order chi connectivity index (χ0) is 29.7. The van der Waals surface area contributed by atoms with Crippen molar-refractivity contribution in [3.05, 3.63) is 88.7 Å². The van der Waals surface area contributed by atoms with Crippen LogP contribution in [0.25, 0.3) is 11.1 Å². The molecule has 2 atom stereocenters. The maximum Gasteiger partial charge on any atom is 0.417 e. The molecule has 216 valence electrons. The van der Waals surface area contributed by atoms with Gasteiger partial charge in [-0.1, -0.05) is 36.4 Å². The van der Waals surface area contributed by atoms with Gasteiger partial charge in [-0.15, -0.1) is 0 Å². The molecular weight excluding hydrogens is 530 g/mol. The Morgan fingerprint density at radius 1 is 1.05 bits per heavy atom. The van der Waals surface area contributed by atoms with E-state index in [1.165, 1.54) is 19.2 Å². The molecular formula is C30H33F4NO5. The van der Waals surface area contributed by atoms with E-state index in [9.17, 15) is 32.6 Å². The number of aromatic carboxylic acids is 1. The molecule has 10 heteroatoms. The number of nitrogens with one attached hydrogen (secondary N) is 1. The third-order valence-corrected chi connectivity index (χ3v) is 6.51. The van der Waals surface area contributed by atoms with E-state index in [-0.39, 0.29) is 24.5 Å². The molecule has 6 nitrogen and oxygen atoms in total. The summed E-state index contributed by atoms with van der Waals surface area (Å²) in [5, 5.41) is 22.9. The quantitative estimate of drug-likeness (QED) is 0.225. The summed E-state index contributed by atoms with van der Waals surface area (Å²) in [7, 11) is 1.46. The van der Waals surface area contributed by atoms with Crippen LogP contribution in [0.3, 0.4) is 0 Å². The lowest BCUT2D eigenvalue weighted by molar-refractivity contribution is -0.138. The van der Waals surface area contributed by atoms with E-state index in [0.717, 1.165) is 12.1 Å². The summed E-state index contributed by atoms with van der Waals surface area (Å²) in [6.45, 7) is 5.57. The number of alkyl halides is 3. The molecule has 0 spiro atoms. The Hall–Kier alpha value is -3.47. The van der Waals surface area contributed by atoms with Gasteiger partial charge < -0.3 is 25.0 Å². The van der Waals surface area contributed by atoms with Crippen molar-refractivity contribution in [3.63, 3.8) is 0 Å². The fourth-order valence-electron chi connectivity index (χ4n) is 4.38. The van der Waals surface area contributed by atoms with Crippen LogP contribution < -0.4 is 10.1 Å². The van der Waals surface area contributed by atoms with Gasteiger partial charge in [0.2, 0.25) is 0 Å². The minimum atomic E-state index is -4.84. The predicted octanol–water partition coefficient (Wildman–Crippen LogP) is 6.27. The molecule has 0 saturated heterocycles. The second-order valence-electron chi connectivity index (χ2n) is 10.2. The maximum absolute atomic E-state index is 14.4. The Labute approximate surface area is 230 Å². The molecule has 0 unspecified atom stereocenters. The number of halogens is 4. The maximum atomic E-state index is 14.4. The van der Waals surface area contributed by atoms with Crippen molar-refractivity contribution in [1.29, 1.82) is 0 Å². The van der Waals surface area contributed by atoms with Crippen molar-refractivity contribution < 1.29 is 42.0 Å². The summed E-state index contributed by atoms with van der Waals surface area (Å²) in [4.78, 5) is 11.3. The van der Waals surface area contributed by atoms with Gasteiger partial charge in [0.15, 0.2) is 0 Å². The van der Waals surface area contributed by atoms with Crippen molar-refractivity contribution in [3.8, 4) is 16.9 Å². The second kappa shape index (κ2) is 12.8. The number of hydrogen-bond acceptors (Lipinski definition) is 5. The molecule has 3 N–H and O–H groups in total. The fourth-order valence-corrected chi connectivity index (χ4v) is 4.38. The molecule has 3 aromatic carbocycles. The van der Waals surface area contributed by atoms with Crippen molar-refractivity contribution in [1.82, 2.24) is 5.32 Å². The summed E-state index contributed by atoms with van der Waals surface area (Å²) in [6.07, 6.45) is -5.99. The summed E-state index contributed by atoms with van der Waals surface area (Å²) >= 11 is 0. The Kier molecular flexibility index (Phi) is 9.94. The second-order valence-corrected chi connectivity index (χ2v) is 10.2. The number of benzene rings is 3. The Morgan fingerprint density at radius 2 is 1.75 bits per heavy atom. The van der Waals surface area contributed by atoms with Crippen LogP contribution in [-0.2, 0) is 17.3 Å². The minimum Gasteiger partial charge on any atom is -0.497 e. The summed E-state index contributed by atoms with van der Waals surface area (Å²) < 4.78 is 65.9. The average Bonchev–Trinajstić information content (AvgIpc) is 2.90. The van der Waals surface area contributed by atoms with Crippen LogP contribution in [0.5, 0.6) is 5.75 Å². The van der Waals surface area contributed by atoms with Crippen LogP contribution in [0.1, 0.15) is 53.9 Å². The lowest BCUT2D eigenvalue weighted by Gasteiger charge is -2.28. The van der Waals surface area contributed by atoms with E-state index in [2.05, 4.69) is 5.32 Å². The molecule has 0 aliphatic rings. The normalized spacial score (nSPS) is 13.6. The smallest absolute Gasteiger partial charge is 0.417 e. The molecule has 40 heavy (non-hydrogen) atoms. The van der Waals surface area contributed by atoms with Crippen LogP contribution in [-0.4, -0.2) is 48.1 Å². The van der Waals surface area contributed by atoms with Gasteiger partial charge in [-0.25, -0.2) is 9.18 Å². The highest BCUT2D eigenvalue weighted by atomic mass is 19.4. The third kappa shape index (κ3) is 8.03. The summed E-state index contributed by atoms with van der Waals surface area (Å²) in [5.41, 5.74) is -0.891. The first-order valence-electron chi connectivity index (χ1n) is 12.6. The molecule has 0 bridgehead atoms. The molecule has 0 amide bonds. The number of hydrogen-bond donors (Lipinski definition) is 3. The SMILES string of the molecule is COc1ccc(CC(C)(C)NC[C@@H](O)CO[C@H](C)c2ccccc2-c2ccc(C(=O)O)c(C(F)(F)F)c2)c(F)c1. The first-order chi connectivity index (χ1) is 18.7. The molecule has 0 aliphatic carbocycles. The van der Waals surface area contributed by atoms with Gasteiger partial charge in [-0.3, -0.25) is 0 Å². The Morgan fingerprint density at radius 3 is 2.38 bits per heavy atom. The van der Waals surface area contributed by atoms with Crippen molar-refractivity contribution in [2.75, 3.05) is 20.3 Å². The molecule has 0 fully saturated rings. The van der Waals surface area contributed by atoms with Crippen molar-refractivity contribution >= 4 is 5.97 Å². The van der Waals surface area contributed by atoms with Gasteiger partial charge in [0, 0.05) is 18.2 Å². The van der Waals surface area contributed by atoms with Crippen LogP contribution in [0.4, 0.5) is 17.6 Å². The zero-order valence-electron chi connectivity index (χ0n) is 22.7. The van der Waals surface area contributed by atoms with Gasteiger partial charge in [0.1, 0.15) is 11.6 Å². The number of aliphatic hydroxyl groups excluding tert-OH is 1. The van der Waals surface area contributed by atoms with Gasteiger partial charge in [-0.2, -0.15) is 13.2 Å². The first kappa shape index (κ1) is 31.1. The highest BCUT2D eigenvalue weighted by Gasteiger charge is 2.36. The largest absolute Gasteiger partial charge is 0.497 e. The van der Waals surface area contributed by atoms with Gasteiger partial charge in [0.05, 0.1) is 37.1 Å². The zero-order valence-corrected chi connectivity index (χ0v) is 22.7. The molecule has 0 saturated carbocycles. The van der Waals surface area contributed by atoms with E-state index in [1.807, 2.05) is 13.8 Å². The monoisotopic (exact) mass is 563 g/mol. The third-order valence-electron chi connectivity index (χ3n) is 6.51. The lowest BCUT2D eigenvalue weighted by atomic mass is 9.93. The predicted molar refractivity (Wildman–Crippen MR) is 143 cm³/mol. The van der Waals surface area contributed by atoms with E-state index < -0.39 is 41.0 Å². The Bertz CT molecular complexity index is 1330. The lowest BCUT2D eigenvalue weighted by Crippen LogP contribution is -2.46. The van der Waals surface area contributed by atoms with E-state index in [1.54, 1.807) is 43.3 Å².